The molecule has 0 aromatic heterocycles. The van der Waals surface area contributed by atoms with Gasteiger partial charge in [-0.05, 0) is 63.8 Å². The van der Waals surface area contributed by atoms with Gasteiger partial charge in [-0.3, -0.25) is 0 Å². The first-order valence-corrected chi connectivity index (χ1v) is 8.70. The number of esters is 2. The molecule has 0 aliphatic heterocycles. The highest BCUT2D eigenvalue weighted by molar-refractivity contribution is 5.93. The number of benzene rings is 2. The van der Waals surface area contributed by atoms with Crippen LogP contribution in [-0.4, -0.2) is 25.2 Å². The molecule has 0 spiro atoms. The van der Waals surface area contributed by atoms with E-state index in [1.54, 1.807) is 0 Å². The van der Waals surface area contributed by atoms with E-state index in [0.717, 1.165) is 33.4 Å². The summed E-state index contributed by atoms with van der Waals surface area (Å²) in [6, 6.07) is 7.80. The van der Waals surface area contributed by atoms with Crippen LogP contribution in [0.4, 0.5) is 0 Å². The van der Waals surface area contributed by atoms with E-state index in [-0.39, 0.29) is 13.2 Å². The van der Waals surface area contributed by atoms with Crippen molar-refractivity contribution in [1.82, 2.24) is 0 Å². The number of aryl methyl sites for hydroxylation is 6. The fraction of sp³-hybridized carbons (Fsp3) is 0.364. The maximum Gasteiger partial charge on any atom is 0.338 e. The molecule has 0 bridgehead atoms. The molecule has 0 unspecified atom stereocenters. The van der Waals surface area contributed by atoms with Gasteiger partial charge in [-0.15, -0.1) is 0 Å². The van der Waals surface area contributed by atoms with Gasteiger partial charge in [-0.2, -0.15) is 0 Å². The second kappa shape index (κ2) is 8.17. The molecule has 0 heterocycles. The van der Waals surface area contributed by atoms with Crippen molar-refractivity contribution in [3.63, 3.8) is 0 Å². The van der Waals surface area contributed by atoms with Gasteiger partial charge in [0.1, 0.15) is 13.2 Å². The standard InChI is InChI=1S/C22H26O4/c1-13-9-15(3)19(16(4)10-13)21(23)25-7-8-26-22(24)20-17(5)11-14(2)12-18(20)6/h9-12H,7-8H2,1-6H3. The van der Waals surface area contributed by atoms with Gasteiger partial charge in [-0.25, -0.2) is 9.59 Å². The molecule has 0 radical (unpaired) electrons. The maximum absolute atomic E-state index is 12.3. The molecular weight excluding hydrogens is 328 g/mol. The van der Waals surface area contributed by atoms with Crippen LogP contribution >= 0.6 is 0 Å². The van der Waals surface area contributed by atoms with Crippen LogP contribution in [-0.2, 0) is 9.47 Å². The highest BCUT2D eigenvalue weighted by Crippen LogP contribution is 2.18. The summed E-state index contributed by atoms with van der Waals surface area (Å²) in [6.45, 7) is 11.6. The van der Waals surface area contributed by atoms with Gasteiger partial charge in [-0.1, -0.05) is 35.4 Å². The molecule has 26 heavy (non-hydrogen) atoms. The van der Waals surface area contributed by atoms with E-state index in [1.165, 1.54) is 0 Å². The lowest BCUT2D eigenvalue weighted by Gasteiger charge is -2.13. The summed E-state index contributed by atoms with van der Waals surface area (Å²) in [4.78, 5) is 24.6. The molecule has 2 aromatic rings. The van der Waals surface area contributed by atoms with Gasteiger partial charge in [0.05, 0.1) is 11.1 Å². The monoisotopic (exact) mass is 354 g/mol. The zero-order chi connectivity index (χ0) is 19.4. The minimum absolute atomic E-state index is 0.0291. The molecule has 0 saturated carbocycles. The minimum Gasteiger partial charge on any atom is -0.458 e. The number of rotatable bonds is 5. The molecule has 4 heteroatoms. The Hall–Kier alpha value is -2.62. The third-order valence-electron chi connectivity index (χ3n) is 4.31. The summed E-state index contributed by atoms with van der Waals surface area (Å²) in [7, 11) is 0. The number of hydrogen-bond acceptors (Lipinski definition) is 4. The molecule has 0 aliphatic rings. The van der Waals surface area contributed by atoms with E-state index in [1.807, 2.05) is 65.8 Å². The van der Waals surface area contributed by atoms with E-state index < -0.39 is 11.9 Å². The Balaban J connectivity index is 1.93. The summed E-state index contributed by atoms with van der Waals surface area (Å²) >= 11 is 0. The van der Waals surface area contributed by atoms with Crippen LogP contribution < -0.4 is 0 Å². The first-order chi connectivity index (χ1) is 12.2. The van der Waals surface area contributed by atoms with Crippen LogP contribution in [0, 0.1) is 41.5 Å². The van der Waals surface area contributed by atoms with E-state index in [9.17, 15) is 9.59 Å². The molecule has 0 atom stereocenters. The Morgan fingerprint density at radius 2 is 0.885 bits per heavy atom. The van der Waals surface area contributed by atoms with Crippen molar-refractivity contribution in [2.24, 2.45) is 0 Å². The summed E-state index contributed by atoms with van der Waals surface area (Å²) < 4.78 is 10.6. The summed E-state index contributed by atoms with van der Waals surface area (Å²) in [5.41, 5.74) is 6.90. The Morgan fingerprint density at radius 3 is 1.15 bits per heavy atom. The third-order valence-corrected chi connectivity index (χ3v) is 4.31. The molecule has 2 aromatic carbocycles. The quantitative estimate of drug-likeness (QED) is 0.584. The van der Waals surface area contributed by atoms with E-state index in [4.69, 9.17) is 9.47 Å². The normalized spacial score (nSPS) is 10.5. The topological polar surface area (TPSA) is 52.6 Å². The van der Waals surface area contributed by atoms with Crippen LogP contribution in [0.5, 0.6) is 0 Å². The Labute approximate surface area is 155 Å². The average Bonchev–Trinajstić information content (AvgIpc) is 2.49. The highest BCUT2D eigenvalue weighted by Gasteiger charge is 2.16. The first kappa shape index (κ1) is 19.7. The SMILES string of the molecule is Cc1cc(C)c(C(=O)OCCOC(=O)c2c(C)cc(C)cc2C)c(C)c1. The number of carbonyl (C=O) groups is 2. The Bertz CT molecular complexity index is 732. The van der Waals surface area contributed by atoms with Crippen LogP contribution in [0.15, 0.2) is 24.3 Å². The number of ether oxygens (including phenoxy) is 2. The minimum atomic E-state index is -0.390. The van der Waals surface area contributed by atoms with Gasteiger partial charge in [0.15, 0.2) is 0 Å². The van der Waals surface area contributed by atoms with Crippen LogP contribution in [0.2, 0.25) is 0 Å². The van der Waals surface area contributed by atoms with Crippen LogP contribution in [0.3, 0.4) is 0 Å². The molecule has 0 saturated heterocycles. The molecule has 0 fully saturated rings. The number of carbonyl (C=O) groups excluding carboxylic acids is 2. The first-order valence-electron chi connectivity index (χ1n) is 8.70. The zero-order valence-electron chi connectivity index (χ0n) is 16.4. The van der Waals surface area contributed by atoms with Gasteiger partial charge in [0.2, 0.25) is 0 Å². The van der Waals surface area contributed by atoms with Crippen LogP contribution in [0.25, 0.3) is 0 Å². The van der Waals surface area contributed by atoms with Crippen molar-refractivity contribution in [2.45, 2.75) is 41.5 Å². The van der Waals surface area contributed by atoms with Crippen LogP contribution in [0.1, 0.15) is 54.1 Å². The second-order valence-electron chi connectivity index (χ2n) is 6.82. The fourth-order valence-electron chi connectivity index (χ4n) is 3.42. The lowest BCUT2D eigenvalue weighted by atomic mass is 10.00. The predicted octanol–water partition coefficient (Wildman–Crippen LogP) is 4.55. The summed E-state index contributed by atoms with van der Waals surface area (Å²) in [6.07, 6.45) is 0. The summed E-state index contributed by atoms with van der Waals surface area (Å²) in [5.74, 6) is -0.780. The fourth-order valence-corrected chi connectivity index (χ4v) is 3.42. The number of hydrogen-bond donors (Lipinski definition) is 0. The molecule has 0 amide bonds. The molecule has 4 nitrogen and oxygen atoms in total. The lowest BCUT2D eigenvalue weighted by Crippen LogP contribution is -2.17. The smallest absolute Gasteiger partial charge is 0.338 e. The zero-order valence-corrected chi connectivity index (χ0v) is 16.4. The molecular formula is C22H26O4. The maximum atomic E-state index is 12.3. The third kappa shape index (κ3) is 4.51. The predicted molar refractivity (Wildman–Crippen MR) is 102 cm³/mol. The van der Waals surface area contributed by atoms with Crippen molar-refractivity contribution in [3.05, 3.63) is 68.8 Å². The van der Waals surface area contributed by atoms with E-state index in [0.29, 0.717) is 11.1 Å². The molecule has 2 rings (SSSR count). The Kier molecular flexibility index (Phi) is 6.19. The van der Waals surface area contributed by atoms with Crippen molar-refractivity contribution >= 4 is 11.9 Å². The van der Waals surface area contributed by atoms with Gasteiger partial charge >= 0.3 is 11.9 Å². The largest absolute Gasteiger partial charge is 0.458 e. The Morgan fingerprint density at radius 1 is 0.615 bits per heavy atom. The molecule has 0 aliphatic carbocycles. The average molecular weight is 354 g/mol. The van der Waals surface area contributed by atoms with Crippen molar-refractivity contribution in [2.75, 3.05) is 13.2 Å². The van der Waals surface area contributed by atoms with Crippen molar-refractivity contribution < 1.29 is 19.1 Å². The van der Waals surface area contributed by atoms with Gasteiger partial charge in [0.25, 0.3) is 0 Å². The van der Waals surface area contributed by atoms with Gasteiger partial charge in [0, 0.05) is 0 Å². The van der Waals surface area contributed by atoms with Gasteiger partial charge < -0.3 is 9.47 Å². The highest BCUT2D eigenvalue weighted by atomic mass is 16.6. The van der Waals surface area contributed by atoms with Crippen molar-refractivity contribution in [3.8, 4) is 0 Å². The molecule has 138 valence electrons. The summed E-state index contributed by atoms with van der Waals surface area (Å²) in [5, 5.41) is 0. The van der Waals surface area contributed by atoms with E-state index >= 15 is 0 Å². The second-order valence-corrected chi connectivity index (χ2v) is 6.82. The molecule has 0 N–H and O–H groups in total. The van der Waals surface area contributed by atoms with E-state index in [2.05, 4.69) is 0 Å². The lowest BCUT2D eigenvalue weighted by molar-refractivity contribution is 0.0263. The van der Waals surface area contributed by atoms with Crippen molar-refractivity contribution in [1.29, 1.82) is 0 Å².